The Morgan fingerprint density at radius 1 is 1.03 bits per heavy atom. The number of likely N-dealkylation sites (tertiary alicyclic amines) is 1. The molecule has 1 aliphatic carbocycles. The third kappa shape index (κ3) is 4.99. The van der Waals surface area contributed by atoms with Crippen molar-refractivity contribution in [3.8, 4) is 0 Å². The molecule has 5 heteroatoms. The van der Waals surface area contributed by atoms with Crippen molar-refractivity contribution in [2.24, 2.45) is 11.7 Å². The number of rotatable bonds is 7. The number of nitrogens with zero attached hydrogens (tertiary/aromatic N) is 1. The minimum atomic E-state index is -0.369. The zero-order chi connectivity index (χ0) is 22.0. The summed E-state index contributed by atoms with van der Waals surface area (Å²) in [6, 6.07) is 14.7. The van der Waals surface area contributed by atoms with Crippen molar-refractivity contribution in [3.63, 3.8) is 0 Å². The SMILES string of the molecule is Cc1cc(C)cc(C2(C(=O)Nc3ccc(CCN4CCC(C(N)=O)CC4)cc3)CC2)c1. The first-order valence-corrected chi connectivity index (χ1v) is 11.4. The highest BCUT2D eigenvalue weighted by molar-refractivity contribution is 6.01. The van der Waals surface area contributed by atoms with Gasteiger partial charge in [0.2, 0.25) is 11.8 Å². The van der Waals surface area contributed by atoms with Crippen molar-refractivity contribution >= 4 is 17.5 Å². The van der Waals surface area contributed by atoms with Gasteiger partial charge in [0.1, 0.15) is 0 Å². The number of carbonyl (C=O) groups excluding carboxylic acids is 2. The van der Waals surface area contributed by atoms with Gasteiger partial charge in [0, 0.05) is 18.2 Å². The van der Waals surface area contributed by atoms with E-state index in [9.17, 15) is 9.59 Å². The number of nitrogens with one attached hydrogen (secondary N) is 1. The normalized spacial score (nSPS) is 18.5. The van der Waals surface area contributed by atoms with E-state index >= 15 is 0 Å². The van der Waals surface area contributed by atoms with Crippen LogP contribution in [0.15, 0.2) is 42.5 Å². The number of amides is 2. The monoisotopic (exact) mass is 419 g/mol. The van der Waals surface area contributed by atoms with Crippen LogP contribution in [0.1, 0.15) is 47.9 Å². The summed E-state index contributed by atoms with van der Waals surface area (Å²) >= 11 is 0. The number of anilines is 1. The minimum Gasteiger partial charge on any atom is -0.369 e. The highest BCUT2D eigenvalue weighted by Gasteiger charge is 2.51. The molecule has 0 unspecified atom stereocenters. The van der Waals surface area contributed by atoms with Crippen LogP contribution in [0.3, 0.4) is 0 Å². The Morgan fingerprint density at radius 3 is 2.19 bits per heavy atom. The van der Waals surface area contributed by atoms with Crippen molar-refractivity contribution in [2.45, 2.75) is 51.4 Å². The molecule has 2 fully saturated rings. The van der Waals surface area contributed by atoms with Gasteiger partial charge in [-0.15, -0.1) is 0 Å². The van der Waals surface area contributed by atoms with Crippen molar-refractivity contribution in [3.05, 3.63) is 64.7 Å². The summed E-state index contributed by atoms with van der Waals surface area (Å²) in [5.41, 5.74) is 10.7. The molecule has 2 amide bonds. The predicted molar refractivity (Wildman–Crippen MR) is 124 cm³/mol. The number of carbonyl (C=O) groups is 2. The van der Waals surface area contributed by atoms with Gasteiger partial charge in [0.25, 0.3) is 0 Å². The second-order valence-corrected chi connectivity index (χ2v) is 9.38. The van der Waals surface area contributed by atoms with Crippen LogP contribution in [-0.4, -0.2) is 36.3 Å². The molecule has 0 spiro atoms. The zero-order valence-electron chi connectivity index (χ0n) is 18.6. The first-order chi connectivity index (χ1) is 14.9. The van der Waals surface area contributed by atoms with Gasteiger partial charge in [-0.2, -0.15) is 0 Å². The van der Waals surface area contributed by atoms with Crippen molar-refractivity contribution in [1.29, 1.82) is 0 Å². The number of aryl methyl sites for hydroxylation is 2. The van der Waals surface area contributed by atoms with E-state index < -0.39 is 0 Å². The quantitative estimate of drug-likeness (QED) is 0.718. The Balaban J connectivity index is 1.31. The van der Waals surface area contributed by atoms with E-state index in [2.05, 4.69) is 54.4 Å². The maximum Gasteiger partial charge on any atom is 0.235 e. The maximum absolute atomic E-state index is 13.1. The molecule has 31 heavy (non-hydrogen) atoms. The minimum absolute atomic E-state index is 0.0395. The van der Waals surface area contributed by atoms with E-state index in [1.54, 1.807) is 0 Å². The Hall–Kier alpha value is -2.66. The molecule has 0 aromatic heterocycles. The average molecular weight is 420 g/mol. The highest BCUT2D eigenvalue weighted by atomic mass is 16.2. The summed E-state index contributed by atoms with van der Waals surface area (Å²) in [5, 5.41) is 3.14. The Kier molecular flexibility index (Phi) is 6.15. The van der Waals surface area contributed by atoms with Crippen molar-refractivity contribution in [1.82, 2.24) is 4.90 Å². The molecule has 0 bridgehead atoms. The molecule has 1 heterocycles. The van der Waals surface area contributed by atoms with Gasteiger partial charge in [-0.05, 0) is 82.3 Å². The fraction of sp³-hybridized carbons (Fsp3) is 0.462. The lowest BCUT2D eigenvalue weighted by Gasteiger charge is -2.30. The summed E-state index contributed by atoms with van der Waals surface area (Å²) in [6.07, 6.45) is 4.51. The molecular weight excluding hydrogens is 386 g/mol. The number of piperidine rings is 1. The smallest absolute Gasteiger partial charge is 0.235 e. The summed E-state index contributed by atoms with van der Waals surface area (Å²) < 4.78 is 0. The number of primary amides is 1. The summed E-state index contributed by atoms with van der Waals surface area (Å²) in [6.45, 7) is 7.02. The van der Waals surface area contributed by atoms with Crippen LogP contribution in [0, 0.1) is 19.8 Å². The largest absolute Gasteiger partial charge is 0.369 e. The van der Waals surface area contributed by atoms with E-state index in [-0.39, 0.29) is 23.1 Å². The molecule has 1 aliphatic heterocycles. The Labute approximate surface area is 185 Å². The molecular formula is C26H33N3O2. The molecule has 4 rings (SSSR count). The van der Waals surface area contributed by atoms with Gasteiger partial charge in [-0.1, -0.05) is 41.5 Å². The number of hydrogen-bond acceptors (Lipinski definition) is 3. The number of benzene rings is 2. The van der Waals surface area contributed by atoms with Gasteiger partial charge in [0.05, 0.1) is 5.41 Å². The summed E-state index contributed by atoms with van der Waals surface area (Å²) in [4.78, 5) is 26.8. The molecule has 2 aromatic rings. The lowest BCUT2D eigenvalue weighted by Crippen LogP contribution is -2.39. The molecule has 0 atom stereocenters. The van der Waals surface area contributed by atoms with E-state index in [0.29, 0.717) is 0 Å². The molecule has 164 valence electrons. The highest BCUT2D eigenvalue weighted by Crippen LogP contribution is 2.49. The Morgan fingerprint density at radius 2 is 1.65 bits per heavy atom. The summed E-state index contributed by atoms with van der Waals surface area (Å²) in [7, 11) is 0. The van der Waals surface area contributed by atoms with Gasteiger partial charge in [0.15, 0.2) is 0 Å². The molecule has 3 N–H and O–H groups in total. The van der Waals surface area contributed by atoms with Crippen LogP contribution >= 0.6 is 0 Å². The van der Waals surface area contributed by atoms with E-state index in [1.165, 1.54) is 16.7 Å². The fourth-order valence-corrected chi connectivity index (χ4v) is 4.76. The second kappa shape index (κ2) is 8.83. The maximum atomic E-state index is 13.1. The van der Waals surface area contributed by atoms with Crippen molar-refractivity contribution in [2.75, 3.05) is 25.0 Å². The van der Waals surface area contributed by atoms with Gasteiger partial charge >= 0.3 is 0 Å². The zero-order valence-corrected chi connectivity index (χ0v) is 18.6. The number of hydrogen-bond donors (Lipinski definition) is 2. The van der Waals surface area contributed by atoms with Crippen LogP contribution < -0.4 is 11.1 Å². The number of nitrogens with two attached hydrogens (primary N) is 1. The van der Waals surface area contributed by atoms with Gasteiger partial charge in [-0.3, -0.25) is 9.59 Å². The molecule has 2 aliphatic rings. The molecule has 5 nitrogen and oxygen atoms in total. The molecule has 2 aromatic carbocycles. The van der Waals surface area contributed by atoms with Crippen LogP contribution in [0.4, 0.5) is 5.69 Å². The van der Waals surface area contributed by atoms with Gasteiger partial charge in [-0.25, -0.2) is 0 Å². The summed E-state index contributed by atoms with van der Waals surface area (Å²) in [5.74, 6) is -0.0250. The lowest BCUT2D eigenvalue weighted by atomic mass is 9.92. The first kappa shape index (κ1) is 21.6. The third-order valence-corrected chi connectivity index (χ3v) is 6.88. The van der Waals surface area contributed by atoms with Crippen LogP contribution in [0.2, 0.25) is 0 Å². The standard InChI is InChI=1S/C26H33N3O2/c1-18-15-19(2)17-22(16-18)26(10-11-26)25(31)28-23-5-3-20(4-6-23)7-12-29-13-8-21(9-14-29)24(27)30/h3-6,15-17,21H,7-14H2,1-2H3,(H2,27,30)(H,28,31). The van der Waals surface area contributed by atoms with Gasteiger partial charge < -0.3 is 16.0 Å². The average Bonchev–Trinajstić information content (AvgIpc) is 3.55. The van der Waals surface area contributed by atoms with E-state index in [1.807, 2.05) is 12.1 Å². The topological polar surface area (TPSA) is 75.4 Å². The third-order valence-electron chi connectivity index (χ3n) is 6.88. The molecule has 1 saturated carbocycles. The van der Waals surface area contributed by atoms with Crippen molar-refractivity contribution < 1.29 is 9.59 Å². The molecule has 0 radical (unpaired) electrons. The van der Waals surface area contributed by atoms with Crippen LogP contribution in [-0.2, 0) is 21.4 Å². The Bertz CT molecular complexity index is 935. The molecule has 1 saturated heterocycles. The fourth-order valence-electron chi connectivity index (χ4n) is 4.76. The van der Waals surface area contributed by atoms with Crippen LogP contribution in [0.25, 0.3) is 0 Å². The predicted octanol–water partition coefficient (Wildman–Crippen LogP) is 3.71. The first-order valence-electron chi connectivity index (χ1n) is 11.4. The lowest BCUT2D eigenvalue weighted by molar-refractivity contribution is -0.123. The van der Waals surface area contributed by atoms with E-state index in [0.717, 1.165) is 63.0 Å². The van der Waals surface area contributed by atoms with Crippen LogP contribution in [0.5, 0.6) is 0 Å². The second-order valence-electron chi connectivity index (χ2n) is 9.38. The van der Waals surface area contributed by atoms with E-state index in [4.69, 9.17) is 5.73 Å².